The first-order valence-corrected chi connectivity index (χ1v) is 9.09. The van der Waals surface area contributed by atoms with Crippen LogP contribution in [0.5, 0.6) is 0 Å². The molecule has 0 saturated carbocycles. The molecule has 1 aliphatic heterocycles. The van der Waals surface area contributed by atoms with E-state index in [1.807, 2.05) is 6.92 Å². The van der Waals surface area contributed by atoms with Gasteiger partial charge in [-0.2, -0.15) is 0 Å². The number of benzene rings is 1. The zero-order valence-corrected chi connectivity index (χ0v) is 15.9. The molecule has 0 N–H and O–H groups in total. The van der Waals surface area contributed by atoms with E-state index in [2.05, 4.69) is 0 Å². The van der Waals surface area contributed by atoms with Gasteiger partial charge in [0.2, 0.25) is 0 Å². The van der Waals surface area contributed by atoms with Gasteiger partial charge in [-0.25, -0.2) is 13.6 Å². The number of likely N-dealkylation sites (tertiary alicyclic amines) is 1. The molecule has 1 amide bonds. The SMILES string of the molecule is CCCCC(=O)[C@@H]1C[C@@H](c2cc(F)cc(F)c2)CN1C(=O)OC(C)(C)C. The van der Waals surface area contributed by atoms with E-state index in [0.29, 0.717) is 18.4 Å². The van der Waals surface area contributed by atoms with Crippen molar-refractivity contribution < 1.29 is 23.1 Å². The van der Waals surface area contributed by atoms with Crippen LogP contribution in [-0.4, -0.2) is 35.0 Å². The number of rotatable bonds is 5. The van der Waals surface area contributed by atoms with Gasteiger partial charge < -0.3 is 4.74 Å². The third-order valence-corrected chi connectivity index (χ3v) is 4.43. The lowest BCUT2D eigenvalue weighted by molar-refractivity contribution is -0.123. The fourth-order valence-electron chi connectivity index (χ4n) is 3.23. The molecule has 1 saturated heterocycles. The van der Waals surface area contributed by atoms with Crippen LogP contribution in [0.2, 0.25) is 0 Å². The number of Topliss-reactive ketones (excluding diaryl/α,β-unsaturated/α-hetero) is 1. The summed E-state index contributed by atoms with van der Waals surface area (Å²) in [7, 11) is 0. The molecule has 0 aliphatic carbocycles. The summed E-state index contributed by atoms with van der Waals surface area (Å²) in [5.74, 6) is -1.66. The average Bonchev–Trinajstić information content (AvgIpc) is 2.95. The van der Waals surface area contributed by atoms with E-state index in [4.69, 9.17) is 4.74 Å². The third-order valence-electron chi connectivity index (χ3n) is 4.43. The lowest BCUT2D eigenvalue weighted by Crippen LogP contribution is -2.43. The average molecular weight is 367 g/mol. The van der Waals surface area contributed by atoms with Gasteiger partial charge in [0.05, 0.1) is 6.04 Å². The van der Waals surface area contributed by atoms with Crippen LogP contribution in [-0.2, 0) is 9.53 Å². The number of amides is 1. The quantitative estimate of drug-likeness (QED) is 0.750. The molecule has 2 rings (SSSR count). The van der Waals surface area contributed by atoms with Crippen LogP contribution in [0.4, 0.5) is 13.6 Å². The lowest BCUT2D eigenvalue weighted by Gasteiger charge is -2.28. The van der Waals surface area contributed by atoms with Gasteiger partial charge in [0.25, 0.3) is 0 Å². The summed E-state index contributed by atoms with van der Waals surface area (Å²) in [6.45, 7) is 7.48. The molecule has 0 aromatic heterocycles. The zero-order valence-electron chi connectivity index (χ0n) is 15.9. The Morgan fingerprint density at radius 2 is 1.81 bits per heavy atom. The first-order chi connectivity index (χ1) is 12.1. The highest BCUT2D eigenvalue weighted by Gasteiger charge is 2.41. The number of nitrogens with zero attached hydrogens (tertiary/aromatic N) is 1. The Bertz CT molecular complexity index is 649. The Kier molecular flexibility index (Phi) is 6.37. The number of ether oxygens (including phenoxy) is 1. The van der Waals surface area contributed by atoms with Crippen molar-refractivity contribution in [2.24, 2.45) is 0 Å². The lowest BCUT2D eigenvalue weighted by atomic mass is 9.94. The maximum absolute atomic E-state index is 13.6. The normalized spacial score (nSPS) is 20.3. The van der Waals surface area contributed by atoms with Gasteiger partial charge in [-0.05, 0) is 51.3 Å². The molecular weight excluding hydrogens is 340 g/mol. The molecular formula is C20H27F2NO3. The van der Waals surface area contributed by atoms with Crippen molar-refractivity contribution in [3.05, 3.63) is 35.4 Å². The van der Waals surface area contributed by atoms with Gasteiger partial charge in [0, 0.05) is 24.9 Å². The Morgan fingerprint density at radius 1 is 1.19 bits per heavy atom. The summed E-state index contributed by atoms with van der Waals surface area (Å²) in [6, 6.07) is 2.72. The Balaban J connectivity index is 2.24. The summed E-state index contributed by atoms with van der Waals surface area (Å²) in [4.78, 5) is 26.6. The van der Waals surface area contributed by atoms with E-state index in [1.54, 1.807) is 20.8 Å². The van der Waals surface area contributed by atoms with Crippen molar-refractivity contribution in [2.45, 2.75) is 70.9 Å². The summed E-state index contributed by atoms with van der Waals surface area (Å²) in [6.07, 6.45) is 1.79. The van der Waals surface area contributed by atoms with Crippen LogP contribution in [0, 0.1) is 11.6 Å². The van der Waals surface area contributed by atoms with Crippen LogP contribution in [0.15, 0.2) is 18.2 Å². The zero-order chi connectivity index (χ0) is 19.5. The Morgan fingerprint density at radius 3 is 2.35 bits per heavy atom. The molecule has 6 heteroatoms. The van der Waals surface area contributed by atoms with Crippen molar-refractivity contribution in [3.63, 3.8) is 0 Å². The first kappa shape index (κ1) is 20.3. The predicted octanol–water partition coefficient (Wildman–Crippen LogP) is 4.82. The van der Waals surface area contributed by atoms with Gasteiger partial charge in [-0.3, -0.25) is 9.69 Å². The molecule has 0 radical (unpaired) electrons. The van der Waals surface area contributed by atoms with Gasteiger partial charge in [-0.15, -0.1) is 0 Å². The van der Waals surface area contributed by atoms with Crippen LogP contribution in [0.25, 0.3) is 0 Å². The second-order valence-electron chi connectivity index (χ2n) is 7.85. The van der Waals surface area contributed by atoms with Crippen molar-refractivity contribution in [2.75, 3.05) is 6.54 Å². The minimum atomic E-state index is -0.683. The van der Waals surface area contributed by atoms with Crippen LogP contribution in [0.3, 0.4) is 0 Å². The molecule has 1 aromatic carbocycles. The van der Waals surface area contributed by atoms with Gasteiger partial charge in [0.15, 0.2) is 5.78 Å². The molecule has 144 valence electrons. The standard InChI is InChI=1S/C20H27F2NO3/c1-5-6-7-18(24)17-10-14(13-8-15(21)11-16(22)9-13)12-23(17)19(25)26-20(2,3)4/h8-9,11,14,17H,5-7,10,12H2,1-4H3/t14-,17+/m1/s1. The minimum absolute atomic E-state index is 0.0305. The van der Waals surface area contributed by atoms with Crippen LogP contribution in [0.1, 0.15) is 64.9 Å². The molecule has 1 heterocycles. The van der Waals surface area contributed by atoms with E-state index in [1.165, 1.54) is 17.0 Å². The number of hydrogen-bond donors (Lipinski definition) is 0. The van der Waals surface area contributed by atoms with Crippen LogP contribution >= 0.6 is 0 Å². The van der Waals surface area contributed by atoms with Crippen molar-refractivity contribution in [1.29, 1.82) is 0 Å². The molecule has 0 spiro atoms. The number of carbonyl (C=O) groups is 2. The highest BCUT2D eigenvalue weighted by molar-refractivity contribution is 5.88. The van der Waals surface area contributed by atoms with E-state index in [9.17, 15) is 18.4 Å². The maximum Gasteiger partial charge on any atom is 0.410 e. The number of ketones is 1. The molecule has 0 bridgehead atoms. The summed E-state index contributed by atoms with van der Waals surface area (Å²) >= 11 is 0. The van der Waals surface area contributed by atoms with Gasteiger partial charge in [0.1, 0.15) is 17.2 Å². The molecule has 2 atom stereocenters. The molecule has 4 nitrogen and oxygen atoms in total. The molecule has 26 heavy (non-hydrogen) atoms. The summed E-state index contributed by atoms with van der Waals surface area (Å²) in [5.41, 5.74) is -0.223. The topological polar surface area (TPSA) is 46.6 Å². The third kappa shape index (κ3) is 5.26. The fraction of sp³-hybridized carbons (Fsp3) is 0.600. The number of unbranched alkanes of at least 4 members (excludes halogenated alkanes) is 1. The van der Waals surface area contributed by atoms with E-state index in [-0.39, 0.29) is 18.2 Å². The van der Waals surface area contributed by atoms with Crippen molar-refractivity contribution >= 4 is 11.9 Å². The minimum Gasteiger partial charge on any atom is -0.444 e. The first-order valence-electron chi connectivity index (χ1n) is 9.09. The monoisotopic (exact) mass is 367 g/mol. The van der Waals surface area contributed by atoms with Gasteiger partial charge in [-0.1, -0.05) is 13.3 Å². The molecule has 0 unspecified atom stereocenters. The summed E-state index contributed by atoms with van der Waals surface area (Å²) in [5, 5.41) is 0. The second kappa shape index (κ2) is 8.14. The van der Waals surface area contributed by atoms with E-state index in [0.717, 1.165) is 18.9 Å². The highest BCUT2D eigenvalue weighted by Crippen LogP contribution is 2.34. The van der Waals surface area contributed by atoms with Crippen molar-refractivity contribution in [3.8, 4) is 0 Å². The smallest absolute Gasteiger partial charge is 0.410 e. The van der Waals surface area contributed by atoms with Crippen LogP contribution < -0.4 is 0 Å². The molecule has 1 aromatic rings. The number of hydrogen-bond acceptors (Lipinski definition) is 3. The van der Waals surface area contributed by atoms with E-state index < -0.39 is 29.4 Å². The second-order valence-corrected chi connectivity index (χ2v) is 7.85. The number of carbonyl (C=O) groups excluding carboxylic acids is 2. The Hall–Kier alpha value is -1.98. The van der Waals surface area contributed by atoms with Crippen molar-refractivity contribution in [1.82, 2.24) is 4.90 Å². The fourth-order valence-corrected chi connectivity index (χ4v) is 3.23. The Labute approximate surface area is 153 Å². The largest absolute Gasteiger partial charge is 0.444 e. The predicted molar refractivity (Wildman–Crippen MR) is 95.0 cm³/mol. The number of halogens is 2. The molecule has 1 aliphatic rings. The van der Waals surface area contributed by atoms with E-state index >= 15 is 0 Å². The highest BCUT2D eigenvalue weighted by atomic mass is 19.1. The molecule has 1 fully saturated rings. The summed E-state index contributed by atoms with van der Waals surface area (Å²) < 4.78 is 32.6. The maximum atomic E-state index is 13.6. The van der Waals surface area contributed by atoms with Gasteiger partial charge >= 0.3 is 6.09 Å².